The van der Waals surface area contributed by atoms with E-state index in [0.29, 0.717) is 6.07 Å². The summed E-state index contributed by atoms with van der Waals surface area (Å²) < 4.78 is 83.1. The molecule has 1 rings (SSSR count). The van der Waals surface area contributed by atoms with E-state index < -0.39 is 65.2 Å². The summed E-state index contributed by atoms with van der Waals surface area (Å²) in [5, 5.41) is 18.0. The largest absolute Gasteiger partial charge is 0.479 e. The number of hydrazine groups is 1. The highest BCUT2D eigenvalue weighted by molar-refractivity contribution is 5.97. The summed E-state index contributed by atoms with van der Waals surface area (Å²) in [6.45, 7) is 1.37. The fourth-order valence-electron chi connectivity index (χ4n) is 2.66. The fourth-order valence-corrected chi connectivity index (χ4v) is 2.66. The average molecular weight is 476 g/mol. The Kier molecular flexibility index (Phi) is 8.68. The van der Waals surface area contributed by atoms with Gasteiger partial charge in [0.15, 0.2) is 5.69 Å². The van der Waals surface area contributed by atoms with Gasteiger partial charge < -0.3 is 20.7 Å². The number of hydrogen-bond acceptors (Lipinski definition) is 7. The highest BCUT2D eigenvalue weighted by Crippen LogP contribution is 2.38. The van der Waals surface area contributed by atoms with E-state index in [9.17, 15) is 41.0 Å². The number of carbonyl (C=O) groups excluding carboxylic acids is 1. The molecule has 1 heterocycles. The number of nitrogens with zero attached hydrogens (tertiary/aromatic N) is 1. The number of aliphatic carboxylic acids is 1. The zero-order valence-corrected chi connectivity index (χ0v) is 16.7. The molecule has 0 aliphatic rings. The number of hydrogen-bond donors (Lipinski definition) is 5. The predicted octanol–water partition coefficient (Wildman–Crippen LogP) is 2.38. The molecular formula is C17H22F6N4O5. The molecule has 0 saturated heterocycles. The van der Waals surface area contributed by atoms with Gasteiger partial charge in [0.1, 0.15) is 5.56 Å². The third-order valence-electron chi connectivity index (χ3n) is 4.45. The van der Waals surface area contributed by atoms with E-state index in [2.05, 4.69) is 4.98 Å². The lowest BCUT2D eigenvalue weighted by molar-refractivity contribution is -0.262. The first-order valence-electron chi connectivity index (χ1n) is 9.12. The van der Waals surface area contributed by atoms with Crippen LogP contribution in [0.5, 0.6) is 5.88 Å². The molecule has 0 aliphatic heterocycles. The van der Waals surface area contributed by atoms with Crippen LogP contribution < -0.4 is 21.7 Å². The van der Waals surface area contributed by atoms with Crippen molar-refractivity contribution in [1.82, 2.24) is 10.4 Å². The molecular weight excluding hydrogens is 454 g/mol. The second-order valence-electron chi connectivity index (χ2n) is 6.94. The molecule has 1 aromatic rings. The smallest absolute Gasteiger partial charge is 0.428 e. The molecule has 2 atom stereocenters. The number of aliphatic hydroxyl groups is 1. The molecule has 7 N–H and O–H groups in total. The Morgan fingerprint density at radius 1 is 1.19 bits per heavy atom. The van der Waals surface area contributed by atoms with Gasteiger partial charge in [0.25, 0.3) is 11.5 Å². The minimum absolute atomic E-state index is 0.0293. The Balaban J connectivity index is 2.80. The van der Waals surface area contributed by atoms with E-state index in [1.165, 1.54) is 6.92 Å². The van der Waals surface area contributed by atoms with Gasteiger partial charge in [-0.2, -0.15) is 26.3 Å². The lowest BCUT2D eigenvalue weighted by Gasteiger charge is -2.26. The van der Waals surface area contributed by atoms with E-state index >= 15 is 0 Å². The number of carboxylic acids is 1. The van der Waals surface area contributed by atoms with Crippen LogP contribution in [-0.4, -0.2) is 45.0 Å². The number of aromatic nitrogens is 1. The number of pyridine rings is 1. The van der Waals surface area contributed by atoms with E-state index in [0.717, 1.165) is 0 Å². The maximum atomic E-state index is 13.3. The molecule has 1 aromatic heterocycles. The zero-order valence-electron chi connectivity index (χ0n) is 16.7. The second kappa shape index (κ2) is 10.2. The molecule has 0 saturated carbocycles. The predicted molar refractivity (Wildman–Crippen MR) is 97.1 cm³/mol. The lowest BCUT2D eigenvalue weighted by atomic mass is 9.95. The van der Waals surface area contributed by atoms with Gasteiger partial charge in [-0.15, -0.1) is 0 Å². The summed E-state index contributed by atoms with van der Waals surface area (Å²) in [6.07, 6.45) is -12.4. The number of halogens is 6. The number of unbranched alkanes of at least 4 members (excludes halogenated alkanes) is 2. The highest BCUT2D eigenvalue weighted by Gasteiger charge is 2.59. The van der Waals surface area contributed by atoms with Crippen molar-refractivity contribution < 1.29 is 50.9 Å². The molecule has 9 nitrogen and oxygen atoms in total. The number of nitrogens with two attached hydrogens (primary N) is 2. The molecule has 1 amide bonds. The van der Waals surface area contributed by atoms with Crippen molar-refractivity contribution in [3.63, 3.8) is 0 Å². The van der Waals surface area contributed by atoms with Crippen LogP contribution in [0.4, 0.5) is 32.0 Å². The minimum Gasteiger partial charge on any atom is -0.479 e. The number of nitrogens with one attached hydrogen (secondary N) is 1. The van der Waals surface area contributed by atoms with Crippen molar-refractivity contribution in [1.29, 1.82) is 0 Å². The highest BCUT2D eigenvalue weighted by atomic mass is 19.4. The number of amides is 1. The Bertz CT molecular complexity index is 833. The summed E-state index contributed by atoms with van der Waals surface area (Å²) in [5.41, 5.74) is 0.690. The molecule has 32 heavy (non-hydrogen) atoms. The molecule has 0 radical (unpaired) electrons. The first kappa shape index (κ1) is 27.2. The van der Waals surface area contributed by atoms with E-state index in [-0.39, 0.29) is 25.7 Å². The topological polar surface area (TPSA) is 161 Å². The van der Waals surface area contributed by atoms with Gasteiger partial charge in [-0.05, 0) is 38.7 Å². The first-order valence-corrected chi connectivity index (χ1v) is 9.12. The summed E-state index contributed by atoms with van der Waals surface area (Å²) in [5.74, 6) is 0.526. The van der Waals surface area contributed by atoms with Gasteiger partial charge in [0.05, 0.1) is 11.8 Å². The van der Waals surface area contributed by atoms with Crippen LogP contribution in [0.15, 0.2) is 6.07 Å². The molecule has 182 valence electrons. The van der Waals surface area contributed by atoms with Crippen LogP contribution in [0, 0.1) is 0 Å². The summed E-state index contributed by atoms with van der Waals surface area (Å²) in [6, 6.07) is 0.462. The average Bonchev–Trinajstić information content (AvgIpc) is 2.66. The third kappa shape index (κ3) is 6.59. The van der Waals surface area contributed by atoms with Crippen LogP contribution in [0.2, 0.25) is 0 Å². The number of carbonyl (C=O) groups is 2. The van der Waals surface area contributed by atoms with Gasteiger partial charge in [0.2, 0.25) is 5.88 Å². The van der Waals surface area contributed by atoms with Crippen LogP contribution in [0.3, 0.4) is 0 Å². The maximum Gasteiger partial charge on any atom is 0.428 e. The van der Waals surface area contributed by atoms with Crippen LogP contribution in [0.1, 0.15) is 55.1 Å². The maximum absolute atomic E-state index is 13.3. The summed E-state index contributed by atoms with van der Waals surface area (Å²) >= 11 is 0. The van der Waals surface area contributed by atoms with Gasteiger partial charge in [0, 0.05) is 0 Å². The molecule has 15 heteroatoms. The van der Waals surface area contributed by atoms with E-state index in [1.54, 1.807) is 5.43 Å². The number of rotatable bonds is 10. The molecule has 0 aliphatic carbocycles. The quantitative estimate of drug-likeness (QED) is 0.113. The van der Waals surface area contributed by atoms with E-state index in [4.69, 9.17) is 21.4 Å². The Labute approximate surface area is 177 Å². The lowest BCUT2D eigenvalue weighted by Crippen LogP contribution is -2.52. The van der Waals surface area contributed by atoms with Crippen molar-refractivity contribution in [2.24, 2.45) is 5.84 Å². The molecule has 0 aromatic carbocycles. The summed E-state index contributed by atoms with van der Waals surface area (Å²) in [7, 11) is 0. The Morgan fingerprint density at radius 2 is 1.78 bits per heavy atom. The van der Waals surface area contributed by atoms with Crippen molar-refractivity contribution in [3.05, 3.63) is 17.3 Å². The summed E-state index contributed by atoms with van der Waals surface area (Å²) in [4.78, 5) is 25.9. The number of nitrogen functional groups attached to an aromatic ring is 2. The van der Waals surface area contributed by atoms with Gasteiger partial charge in [-0.3, -0.25) is 10.2 Å². The van der Waals surface area contributed by atoms with E-state index in [1.807, 2.05) is 0 Å². The second-order valence-corrected chi connectivity index (χ2v) is 6.94. The molecule has 0 bridgehead atoms. The zero-order chi connectivity index (χ0) is 24.9. The van der Waals surface area contributed by atoms with Crippen LogP contribution in [0.25, 0.3) is 0 Å². The van der Waals surface area contributed by atoms with Crippen LogP contribution >= 0.6 is 0 Å². The van der Waals surface area contributed by atoms with Crippen molar-refractivity contribution in [3.8, 4) is 5.88 Å². The minimum atomic E-state index is -5.36. The van der Waals surface area contributed by atoms with Crippen LogP contribution in [-0.2, 0) is 11.0 Å². The standard InChI is InChI=1S/C17H22F6N4O5/c1-8(5-3-2-4-6-15(31,14(29)30)17(21,22)23)32-13-9(16(18,19)20)7-10(24)11(26-13)12(28)27-25/h7-8,31H,2-6,24-25H2,1H3,(H,27,28)(H,29,30)/t8-,15-/m1/s1. The number of ether oxygens (including phenoxy) is 1. The Hall–Kier alpha value is -2.81. The molecule has 0 fully saturated rings. The monoisotopic (exact) mass is 476 g/mol. The first-order chi connectivity index (χ1) is 14.5. The number of carboxylic acid groups (broad SMARTS) is 1. The number of alkyl halides is 6. The molecule has 0 spiro atoms. The SMILES string of the molecule is C[C@H](CCCCC[C@@](O)(C(=O)O)C(F)(F)F)Oc1nc(C(=O)NN)c(N)cc1C(F)(F)F. The normalized spacial score (nSPS) is 15.0. The molecule has 0 unspecified atom stereocenters. The van der Waals surface area contributed by atoms with Crippen molar-refractivity contribution in [2.75, 3.05) is 5.73 Å². The fraction of sp³-hybridized carbons (Fsp3) is 0.588. The van der Waals surface area contributed by atoms with Crippen molar-refractivity contribution >= 4 is 17.6 Å². The van der Waals surface area contributed by atoms with Gasteiger partial charge >= 0.3 is 18.3 Å². The van der Waals surface area contributed by atoms with Gasteiger partial charge in [-0.25, -0.2) is 15.6 Å². The Morgan fingerprint density at radius 3 is 2.25 bits per heavy atom. The number of anilines is 1. The third-order valence-corrected chi connectivity index (χ3v) is 4.45. The van der Waals surface area contributed by atoms with Crippen molar-refractivity contribution in [2.45, 2.75) is 63.1 Å². The van der Waals surface area contributed by atoms with Gasteiger partial charge in [-0.1, -0.05) is 6.42 Å².